The monoisotopic (exact) mass is 207 g/mol. The van der Waals surface area contributed by atoms with Crippen molar-refractivity contribution in [2.24, 2.45) is 5.73 Å². The summed E-state index contributed by atoms with van der Waals surface area (Å²) in [6.07, 6.45) is 1.82. The number of rotatable bonds is 4. The van der Waals surface area contributed by atoms with Crippen LogP contribution in [0, 0.1) is 0 Å². The van der Waals surface area contributed by atoms with E-state index in [2.05, 4.69) is 0 Å². The van der Waals surface area contributed by atoms with E-state index in [9.17, 15) is 9.90 Å². The smallest absolute Gasteiger partial charge is 0.323 e. The van der Waals surface area contributed by atoms with Gasteiger partial charge in [0.1, 0.15) is 6.04 Å². The van der Waals surface area contributed by atoms with Crippen molar-refractivity contribution < 1.29 is 15.0 Å². The summed E-state index contributed by atoms with van der Waals surface area (Å²) in [4.78, 5) is 10.4. The summed E-state index contributed by atoms with van der Waals surface area (Å²) in [6.45, 7) is 0. The number of hydrogen-bond acceptors (Lipinski definition) is 3. The molecule has 0 amide bonds. The average Bonchev–Trinajstić information content (AvgIpc) is 2.26. The van der Waals surface area contributed by atoms with E-state index in [0.717, 1.165) is 5.56 Å². The predicted octanol–water partition coefficient (Wildman–Crippen LogP) is 0.473. The second-order valence-electron chi connectivity index (χ2n) is 3.12. The Bertz CT molecular complexity index is 348. The lowest BCUT2D eigenvalue weighted by molar-refractivity contribution is -0.140. The van der Waals surface area contributed by atoms with Gasteiger partial charge in [-0.25, -0.2) is 0 Å². The fourth-order valence-corrected chi connectivity index (χ4v) is 1.04. The van der Waals surface area contributed by atoms with Crippen LogP contribution in [-0.2, 0) is 4.79 Å². The number of aliphatic hydroxyl groups is 1. The molecule has 0 saturated carbocycles. The van der Waals surface area contributed by atoms with Crippen molar-refractivity contribution >= 4 is 12.0 Å². The van der Waals surface area contributed by atoms with E-state index in [1.165, 1.54) is 6.08 Å². The summed E-state index contributed by atoms with van der Waals surface area (Å²) in [5, 5.41) is 17.9. The third-order valence-electron chi connectivity index (χ3n) is 1.94. The highest BCUT2D eigenvalue weighted by Gasteiger charge is 2.18. The zero-order valence-electron chi connectivity index (χ0n) is 8.08. The summed E-state index contributed by atoms with van der Waals surface area (Å²) >= 11 is 0. The average molecular weight is 207 g/mol. The summed E-state index contributed by atoms with van der Waals surface area (Å²) in [7, 11) is 0. The molecule has 1 rings (SSSR count). The van der Waals surface area contributed by atoms with Crippen LogP contribution in [0.4, 0.5) is 0 Å². The van der Waals surface area contributed by atoms with Crippen LogP contribution in [0.2, 0.25) is 0 Å². The van der Waals surface area contributed by atoms with Gasteiger partial charge < -0.3 is 15.9 Å². The molecule has 0 heterocycles. The van der Waals surface area contributed by atoms with Gasteiger partial charge in [0.15, 0.2) is 0 Å². The van der Waals surface area contributed by atoms with E-state index < -0.39 is 18.1 Å². The van der Waals surface area contributed by atoms with Crippen molar-refractivity contribution in [2.75, 3.05) is 0 Å². The number of aliphatic carboxylic acids is 1. The van der Waals surface area contributed by atoms with Crippen LogP contribution in [0.1, 0.15) is 5.56 Å². The molecule has 0 saturated heterocycles. The van der Waals surface area contributed by atoms with Crippen LogP contribution in [0.25, 0.3) is 6.08 Å². The first-order chi connectivity index (χ1) is 7.11. The molecule has 4 heteroatoms. The molecule has 1 aromatic rings. The molecular formula is C11H13NO3. The van der Waals surface area contributed by atoms with Crippen LogP contribution >= 0.6 is 0 Å². The minimum Gasteiger partial charge on any atom is -0.480 e. The SMILES string of the molecule is NC(C(=O)O)C(O)/C=C/c1ccccc1. The molecule has 80 valence electrons. The van der Waals surface area contributed by atoms with E-state index in [4.69, 9.17) is 10.8 Å². The number of benzene rings is 1. The van der Waals surface area contributed by atoms with Gasteiger partial charge in [-0.3, -0.25) is 4.79 Å². The van der Waals surface area contributed by atoms with Crippen LogP contribution in [0.3, 0.4) is 0 Å². The minimum absolute atomic E-state index is 0.883. The molecule has 15 heavy (non-hydrogen) atoms. The Morgan fingerprint density at radius 2 is 1.93 bits per heavy atom. The van der Waals surface area contributed by atoms with Gasteiger partial charge in [-0.1, -0.05) is 42.5 Å². The summed E-state index contributed by atoms with van der Waals surface area (Å²) in [6, 6.07) is 7.97. The number of aliphatic hydroxyl groups excluding tert-OH is 1. The third kappa shape index (κ3) is 3.53. The lowest BCUT2D eigenvalue weighted by Crippen LogP contribution is -2.40. The zero-order chi connectivity index (χ0) is 11.3. The summed E-state index contributed by atoms with van der Waals surface area (Å²) in [5.41, 5.74) is 6.11. The van der Waals surface area contributed by atoms with Crippen LogP contribution in [0.5, 0.6) is 0 Å². The highest BCUT2D eigenvalue weighted by molar-refractivity contribution is 5.74. The largest absolute Gasteiger partial charge is 0.480 e. The van der Waals surface area contributed by atoms with Gasteiger partial charge in [0.25, 0.3) is 0 Å². The molecule has 0 aliphatic carbocycles. The lowest BCUT2D eigenvalue weighted by Gasteiger charge is -2.09. The molecule has 1 aromatic carbocycles. The van der Waals surface area contributed by atoms with Gasteiger partial charge in [-0.15, -0.1) is 0 Å². The fourth-order valence-electron chi connectivity index (χ4n) is 1.04. The predicted molar refractivity (Wildman–Crippen MR) is 57.1 cm³/mol. The molecule has 2 unspecified atom stereocenters. The quantitative estimate of drug-likeness (QED) is 0.670. The van der Waals surface area contributed by atoms with E-state index >= 15 is 0 Å². The van der Waals surface area contributed by atoms with Crippen molar-refractivity contribution in [1.82, 2.24) is 0 Å². The van der Waals surface area contributed by atoms with Gasteiger partial charge in [-0.05, 0) is 5.56 Å². The number of carboxylic acids is 1. The lowest BCUT2D eigenvalue weighted by atomic mass is 10.1. The standard InChI is InChI=1S/C11H13NO3/c12-10(11(14)15)9(13)7-6-8-4-2-1-3-5-8/h1-7,9-10,13H,12H2,(H,14,15)/b7-6+. The van der Waals surface area contributed by atoms with Crippen LogP contribution in [0.15, 0.2) is 36.4 Å². The maximum absolute atomic E-state index is 10.4. The van der Waals surface area contributed by atoms with Crippen molar-refractivity contribution in [3.05, 3.63) is 42.0 Å². The Kier molecular flexibility index (Phi) is 4.03. The van der Waals surface area contributed by atoms with Crippen molar-refractivity contribution in [2.45, 2.75) is 12.1 Å². The molecule has 0 aliphatic heterocycles. The summed E-state index contributed by atoms with van der Waals surface area (Å²) in [5.74, 6) is -1.22. The van der Waals surface area contributed by atoms with Gasteiger partial charge in [0.2, 0.25) is 0 Å². The topological polar surface area (TPSA) is 83.6 Å². The van der Waals surface area contributed by atoms with Gasteiger partial charge in [0.05, 0.1) is 6.10 Å². The normalized spacial score (nSPS) is 15.1. The zero-order valence-corrected chi connectivity index (χ0v) is 8.08. The minimum atomic E-state index is -1.29. The van der Waals surface area contributed by atoms with Crippen molar-refractivity contribution in [3.8, 4) is 0 Å². The Morgan fingerprint density at radius 3 is 2.47 bits per heavy atom. The second kappa shape index (κ2) is 5.29. The molecular weight excluding hydrogens is 194 g/mol. The fraction of sp³-hybridized carbons (Fsp3) is 0.182. The first kappa shape index (κ1) is 11.4. The van der Waals surface area contributed by atoms with E-state index in [1.807, 2.05) is 30.3 Å². The van der Waals surface area contributed by atoms with E-state index in [0.29, 0.717) is 0 Å². The van der Waals surface area contributed by atoms with Gasteiger partial charge in [0, 0.05) is 0 Å². The Hall–Kier alpha value is -1.65. The van der Waals surface area contributed by atoms with Gasteiger partial charge >= 0.3 is 5.97 Å². The molecule has 0 bridgehead atoms. The molecule has 0 spiro atoms. The maximum Gasteiger partial charge on any atom is 0.323 e. The molecule has 0 aliphatic rings. The third-order valence-corrected chi connectivity index (χ3v) is 1.94. The first-order valence-electron chi connectivity index (χ1n) is 4.51. The highest BCUT2D eigenvalue weighted by atomic mass is 16.4. The van der Waals surface area contributed by atoms with E-state index in [1.54, 1.807) is 6.08 Å². The van der Waals surface area contributed by atoms with E-state index in [-0.39, 0.29) is 0 Å². The molecule has 4 N–H and O–H groups in total. The van der Waals surface area contributed by atoms with Crippen LogP contribution in [-0.4, -0.2) is 28.3 Å². The Balaban J connectivity index is 2.62. The number of carbonyl (C=O) groups is 1. The Labute approximate surface area is 87.7 Å². The maximum atomic E-state index is 10.4. The Morgan fingerprint density at radius 1 is 1.33 bits per heavy atom. The molecule has 0 fully saturated rings. The molecule has 2 atom stereocenters. The summed E-state index contributed by atoms with van der Waals surface area (Å²) < 4.78 is 0. The van der Waals surface area contributed by atoms with Crippen molar-refractivity contribution in [1.29, 1.82) is 0 Å². The highest BCUT2D eigenvalue weighted by Crippen LogP contribution is 2.03. The van der Waals surface area contributed by atoms with Crippen LogP contribution < -0.4 is 5.73 Å². The first-order valence-corrected chi connectivity index (χ1v) is 4.51. The number of carboxylic acid groups (broad SMARTS) is 1. The number of nitrogens with two attached hydrogens (primary N) is 1. The molecule has 0 radical (unpaired) electrons. The van der Waals surface area contributed by atoms with Crippen molar-refractivity contribution in [3.63, 3.8) is 0 Å². The molecule has 4 nitrogen and oxygen atoms in total. The second-order valence-corrected chi connectivity index (χ2v) is 3.12. The number of hydrogen-bond donors (Lipinski definition) is 3. The molecule has 0 aromatic heterocycles. The van der Waals surface area contributed by atoms with Gasteiger partial charge in [-0.2, -0.15) is 0 Å².